The molecule has 34 heavy (non-hydrogen) atoms. The molecule has 0 unspecified atom stereocenters. The van der Waals surface area contributed by atoms with Crippen LogP contribution in [-0.2, 0) is 11.3 Å². The van der Waals surface area contributed by atoms with E-state index in [9.17, 15) is 4.79 Å². The van der Waals surface area contributed by atoms with Crippen LogP contribution in [0.4, 0.5) is 0 Å². The molecule has 5 rings (SSSR count). The summed E-state index contributed by atoms with van der Waals surface area (Å²) >= 11 is 0. The molecule has 0 aliphatic heterocycles. The zero-order valence-corrected chi connectivity index (χ0v) is 18.9. The van der Waals surface area contributed by atoms with Gasteiger partial charge in [0, 0.05) is 33.9 Å². The van der Waals surface area contributed by atoms with Crippen molar-refractivity contribution in [3.63, 3.8) is 0 Å². The van der Waals surface area contributed by atoms with Crippen LogP contribution in [0.15, 0.2) is 102 Å². The SMILES string of the molecule is CCn1c2ccccc2c2cc(C=NNC(=O)COc3ccccc3-c3ccccc3)ccc21. The zero-order chi connectivity index (χ0) is 23.3. The van der Waals surface area contributed by atoms with Crippen LogP contribution >= 0.6 is 0 Å². The topological polar surface area (TPSA) is 55.6 Å². The standard InChI is InChI=1S/C29H25N3O2/c1-2-32-26-14-8-6-13-24(26)25-18-21(16-17-27(25)32)19-30-31-29(33)20-34-28-15-9-7-12-23(28)22-10-4-3-5-11-22/h3-19H,2,20H2,1H3,(H,31,33). The number of para-hydroxylation sites is 2. The lowest BCUT2D eigenvalue weighted by atomic mass is 10.1. The maximum Gasteiger partial charge on any atom is 0.277 e. The van der Waals surface area contributed by atoms with Crippen LogP contribution in [0, 0.1) is 0 Å². The van der Waals surface area contributed by atoms with Gasteiger partial charge >= 0.3 is 0 Å². The molecule has 1 aromatic heterocycles. The molecule has 0 saturated heterocycles. The van der Waals surface area contributed by atoms with Crippen molar-refractivity contribution in [1.82, 2.24) is 9.99 Å². The van der Waals surface area contributed by atoms with Crippen molar-refractivity contribution in [3.05, 3.63) is 103 Å². The normalized spacial score (nSPS) is 11.3. The monoisotopic (exact) mass is 447 g/mol. The molecule has 0 aliphatic rings. The van der Waals surface area contributed by atoms with Crippen LogP contribution < -0.4 is 10.2 Å². The van der Waals surface area contributed by atoms with Crippen molar-refractivity contribution < 1.29 is 9.53 Å². The van der Waals surface area contributed by atoms with Crippen molar-refractivity contribution in [2.75, 3.05) is 6.61 Å². The van der Waals surface area contributed by atoms with Crippen LogP contribution in [0.2, 0.25) is 0 Å². The van der Waals surface area contributed by atoms with Gasteiger partial charge in [0.25, 0.3) is 5.91 Å². The molecule has 0 bridgehead atoms. The van der Waals surface area contributed by atoms with E-state index >= 15 is 0 Å². The minimum Gasteiger partial charge on any atom is -0.483 e. The second kappa shape index (κ2) is 9.63. The van der Waals surface area contributed by atoms with E-state index in [4.69, 9.17) is 4.74 Å². The van der Waals surface area contributed by atoms with Gasteiger partial charge in [-0.25, -0.2) is 5.43 Å². The number of carbonyl (C=O) groups excluding carboxylic acids is 1. The summed E-state index contributed by atoms with van der Waals surface area (Å²) in [4.78, 5) is 12.3. The third kappa shape index (κ3) is 4.28. The number of benzene rings is 4. The maximum absolute atomic E-state index is 12.3. The van der Waals surface area contributed by atoms with Crippen molar-refractivity contribution in [1.29, 1.82) is 0 Å². The number of carbonyl (C=O) groups is 1. The van der Waals surface area contributed by atoms with E-state index in [2.05, 4.69) is 58.4 Å². The van der Waals surface area contributed by atoms with Crippen LogP contribution in [0.3, 0.4) is 0 Å². The van der Waals surface area contributed by atoms with Crippen LogP contribution in [0.25, 0.3) is 32.9 Å². The molecule has 5 nitrogen and oxygen atoms in total. The number of hydrazone groups is 1. The highest BCUT2D eigenvalue weighted by Gasteiger charge is 2.10. The van der Waals surface area contributed by atoms with E-state index in [1.165, 1.54) is 21.8 Å². The van der Waals surface area contributed by atoms with Gasteiger partial charge in [0.05, 0.1) is 6.21 Å². The Morgan fingerprint density at radius 3 is 2.47 bits per heavy atom. The molecule has 0 radical (unpaired) electrons. The number of ether oxygens (including phenoxy) is 1. The van der Waals surface area contributed by atoms with Crippen LogP contribution in [0.5, 0.6) is 5.75 Å². The molecule has 168 valence electrons. The first-order valence-electron chi connectivity index (χ1n) is 11.3. The Kier molecular flexibility index (Phi) is 6.08. The lowest BCUT2D eigenvalue weighted by molar-refractivity contribution is -0.123. The molecule has 0 fully saturated rings. The average molecular weight is 448 g/mol. The van der Waals surface area contributed by atoms with E-state index in [1.807, 2.05) is 60.7 Å². The first-order chi connectivity index (χ1) is 16.7. The third-order valence-electron chi connectivity index (χ3n) is 5.85. The molecule has 5 heteroatoms. The maximum atomic E-state index is 12.3. The summed E-state index contributed by atoms with van der Waals surface area (Å²) in [6.07, 6.45) is 1.66. The number of hydrogen-bond acceptors (Lipinski definition) is 3. The summed E-state index contributed by atoms with van der Waals surface area (Å²) in [6.45, 7) is 2.93. The zero-order valence-electron chi connectivity index (χ0n) is 18.9. The van der Waals surface area contributed by atoms with Gasteiger partial charge in [-0.2, -0.15) is 5.10 Å². The van der Waals surface area contributed by atoms with E-state index in [0.717, 1.165) is 23.2 Å². The largest absolute Gasteiger partial charge is 0.483 e. The number of nitrogens with one attached hydrogen (secondary N) is 1. The summed E-state index contributed by atoms with van der Waals surface area (Å²) in [5.41, 5.74) is 7.87. The molecule has 0 atom stereocenters. The molecule has 0 saturated carbocycles. The molecule has 1 heterocycles. The highest BCUT2D eigenvalue weighted by atomic mass is 16.5. The molecule has 1 N–H and O–H groups in total. The van der Waals surface area contributed by atoms with Gasteiger partial charge in [0.2, 0.25) is 0 Å². The second-order valence-electron chi connectivity index (χ2n) is 7.98. The predicted molar refractivity (Wildman–Crippen MR) is 138 cm³/mol. The number of nitrogens with zero attached hydrogens (tertiary/aromatic N) is 2. The summed E-state index contributed by atoms with van der Waals surface area (Å²) in [5.74, 6) is 0.341. The van der Waals surface area contributed by atoms with Crippen molar-refractivity contribution in [2.45, 2.75) is 13.5 Å². The van der Waals surface area contributed by atoms with E-state index in [1.54, 1.807) is 6.21 Å². The smallest absolute Gasteiger partial charge is 0.277 e. The Balaban J connectivity index is 1.26. The molecule has 0 aliphatic carbocycles. The Labute approximate surface area is 198 Å². The van der Waals surface area contributed by atoms with Crippen LogP contribution in [-0.4, -0.2) is 23.3 Å². The second-order valence-corrected chi connectivity index (χ2v) is 7.98. The minimum absolute atomic E-state index is 0.121. The van der Waals surface area contributed by atoms with E-state index in [0.29, 0.717) is 5.75 Å². The minimum atomic E-state index is -0.317. The summed E-state index contributed by atoms with van der Waals surface area (Å²) in [6, 6.07) is 32.2. The molecule has 0 spiro atoms. The van der Waals surface area contributed by atoms with Crippen LogP contribution in [0.1, 0.15) is 12.5 Å². The number of aryl methyl sites for hydroxylation is 1. The lowest BCUT2D eigenvalue weighted by Gasteiger charge is -2.10. The summed E-state index contributed by atoms with van der Waals surface area (Å²) in [5, 5.41) is 6.52. The number of fused-ring (bicyclic) bond motifs is 3. The third-order valence-corrected chi connectivity index (χ3v) is 5.85. The molecular formula is C29H25N3O2. The Hall–Kier alpha value is -4.38. The average Bonchev–Trinajstić information content (AvgIpc) is 3.21. The lowest BCUT2D eigenvalue weighted by Crippen LogP contribution is -2.24. The Morgan fingerprint density at radius 2 is 1.62 bits per heavy atom. The number of hydrogen-bond donors (Lipinski definition) is 1. The molecule has 1 amide bonds. The fourth-order valence-electron chi connectivity index (χ4n) is 4.30. The highest BCUT2D eigenvalue weighted by Crippen LogP contribution is 2.30. The van der Waals surface area contributed by atoms with Crippen molar-refractivity contribution >= 4 is 33.9 Å². The number of amides is 1. The van der Waals surface area contributed by atoms with Crippen molar-refractivity contribution in [2.24, 2.45) is 5.10 Å². The summed E-state index contributed by atoms with van der Waals surface area (Å²) in [7, 11) is 0. The quantitative estimate of drug-likeness (QED) is 0.245. The van der Waals surface area contributed by atoms with Gasteiger partial charge in [-0.1, -0.05) is 72.8 Å². The predicted octanol–water partition coefficient (Wildman–Crippen LogP) is 6.01. The van der Waals surface area contributed by atoms with Gasteiger partial charge in [-0.05, 0) is 42.3 Å². The highest BCUT2D eigenvalue weighted by molar-refractivity contribution is 6.09. The van der Waals surface area contributed by atoms with Gasteiger partial charge in [-0.15, -0.1) is 0 Å². The number of rotatable bonds is 7. The first-order valence-corrected chi connectivity index (χ1v) is 11.3. The Bertz CT molecular complexity index is 1490. The molecular weight excluding hydrogens is 422 g/mol. The fraction of sp³-hybridized carbons (Fsp3) is 0.103. The van der Waals surface area contributed by atoms with Gasteiger partial charge in [0.15, 0.2) is 6.61 Å². The van der Waals surface area contributed by atoms with Crippen molar-refractivity contribution in [3.8, 4) is 16.9 Å². The molecule has 5 aromatic rings. The first kappa shape index (κ1) is 21.5. The fourth-order valence-corrected chi connectivity index (χ4v) is 4.30. The van der Waals surface area contributed by atoms with E-state index in [-0.39, 0.29) is 12.5 Å². The summed E-state index contributed by atoms with van der Waals surface area (Å²) < 4.78 is 8.09. The Morgan fingerprint density at radius 1 is 0.882 bits per heavy atom. The van der Waals surface area contributed by atoms with E-state index < -0.39 is 0 Å². The van der Waals surface area contributed by atoms with Gasteiger partial charge in [0.1, 0.15) is 5.75 Å². The number of aromatic nitrogens is 1. The molecule has 4 aromatic carbocycles. The van der Waals surface area contributed by atoms with Gasteiger partial charge < -0.3 is 9.30 Å². The van der Waals surface area contributed by atoms with Gasteiger partial charge in [-0.3, -0.25) is 4.79 Å².